The highest BCUT2D eigenvalue weighted by atomic mass is 16.5. The molecule has 7 nitrogen and oxygen atoms in total. The van der Waals surface area contributed by atoms with E-state index in [9.17, 15) is 0 Å². The first-order valence-electron chi connectivity index (χ1n) is 7.08. The Hall–Kier alpha value is -1.99. The van der Waals surface area contributed by atoms with Gasteiger partial charge < -0.3 is 15.2 Å². The van der Waals surface area contributed by atoms with E-state index in [1.165, 1.54) is 0 Å². The molecule has 7 heteroatoms. The second-order valence-electron chi connectivity index (χ2n) is 5.55. The highest BCUT2D eigenvalue weighted by molar-refractivity contribution is 5.50. The number of pyridine rings is 1. The molecule has 1 saturated heterocycles. The average Bonchev–Trinajstić information content (AvgIpc) is 2.88. The minimum Gasteiger partial charge on any atom is -0.397 e. The first kappa shape index (κ1) is 14.0. The SMILES string of the molecule is CN1CCCN(C)C(c2noc(-c3ccc(N)cn3)n2)C1. The molecule has 0 bridgehead atoms. The molecular formula is C14H20N6O. The van der Waals surface area contributed by atoms with Crippen LogP contribution in [0.3, 0.4) is 0 Å². The number of anilines is 1. The van der Waals surface area contributed by atoms with Crippen LogP contribution in [0.25, 0.3) is 11.6 Å². The first-order chi connectivity index (χ1) is 10.1. The van der Waals surface area contributed by atoms with Crippen LogP contribution in [0.5, 0.6) is 0 Å². The Morgan fingerprint density at radius 2 is 2.14 bits per heavy atom. The van der Waals surface area contributed by atoms with E-state index in [2.05, 4.69) is 39.0 Å². The van der Waals surface area contributed by atoms with E-state index < -0.39 is 0 Å². The lowest BCUT2D eigenvalue weighted by Crippen LogP contribution is -2.31. The van der Waals surface area contributed by atoms with Crippen molar-refractivity contribution in [1.82, 2.24) is 24.9 Å². The van der Waals surface area contributed by atoms with Crippen LogP contribution < -0.4 is 5.73 Å². The van der Waals surface area contributed by atoms with Crippen molar-refractivity contribution in [2.75, 3.05) is 39.5 Å². The van der Waals surface area contributed by atoms with E-state index in [1.807, 2.05) is 0 Å². The van der Waals surface area contributed by atoms with Gasteiger partial charge in [0, 0.05) is 6.54 Å². The van der Waals surface area contributed by atoms with Gasteiger partial charge in [-0.15, -0.1) is 0 Å². The lowest BCUT2D eigenvalue weighted by atomic mass is 10.2. The Balaban J connectivity index is 1.84. The van der Waals surface area contributed by atoms with Crippen LogP contribution in [0.2, 0.25) is 0 Å². The number of aromatic nitrogens is 3. The van der Waals surface area contributed by atoms with Crippen molar-refractivity contribution in [1.29, 1.82) is 0 Å². The Morgan fingerprint density at radius 3 is 2.90 bits per heavy atom. The average molecular weight is 288 g/mol. The van der Waals surface area contributed by atoms with E-state index >= 15 is 0 Å². The van der Waals surface area contributed by atoms with Crippen molar-refractivity contribution >= 4 is 5.69 Å². The molecule has 3 heterocycles. The molecule has 1 unspecified atom stereocenters. The maximum atomic E-state index is 5.64. The normalized spacial score (nSPS) is 21.3. The van der Waals surface area contributed by atoms with Gasteiger partial charge in [-0.2, -0.15) is 4.98 Å². The van der Waals surface area contributed by atoms with Crippen LogP contribution in [-0.2, 0) is 0 Å². The summed E-state index contributed by atoms with van der Waals surface area (Å²) < 4.78 is 5.36. The van der Waals surface area contributed by atoms with Crippen molar-refractivity contribution in [3.63, 3.8) is 0 Å². The lowest BCUT2D eigenvalue weighted by Gasteiger charge is -2.24. The van der Waals surface area contributed by atoms with Gasteiger partial charge in [0.15, 0.2) is 5.82 Å². The van der Waals surface area contributed by atoms with E-state index in [1.54, 1.807) is 18.3 Å². The summed E-state index contributed by atoms with van der Waals surface area (Å²) in [6.07, 6.45) is 2.73. The zero-order valence-electron chi connectivity index (χ0n) is 12.4. The number of hydrogen-bond donors (Lipinski definition) is 1. The molecular weight excluding hydrogens is 268 g/mol. The molecule has 2 aromatic heterocycles. The summed E-state index contributed by atoms with van der Waals surface area (Å²) >= 11 is 0. The summed E-state index contributed by atoms with van der Waals surface area (Å²) in [7, 11) is 4.22. The van der Waals surface area contributed by atoms with Gasteiger partial charge >= 0.3 is 0 Å². The molecule has 112 valence electrons. The fourth-order valence-corrected chi connectivity index (χ4v) is 2.56. The number of rotatable bonds is 2. The van der Waals surface area contributed by atoms with Gasteiger partial charge in [0.1, 0.15) is 5.69 Å². The molecule has 0 spiro atoms. The second kappa shape index (κ2) is 5.79. The van der Waals surface area contributed by atoms with Crippen molar-refractivity contribution in [2.24, 2.45) is 0 Å². The van der Waals surface area contributed by atoms with Crippen LogP contribution in [0.4, 0.5) is 5.69 Å². The van der Waals surface area contributed by atoms with E-state index in [0.29, 0.717) is 23.1 Å². The van der Waals surface area contributed by atoms with Gasteiger partial charge in [0.25, 0.3) is 5.89 Å². The molecule has 0 radical (unpaired) electrons. The highest BCUT2D eigenvalue weighted by Gasteiger charge is 2.26. The molecule has 0 saturated carbocycles. The maximum absolute atomic E-state index is 5.64. The third-order valence-electron chi connectivity index (χ3n) is 3.81. The number of nitrogen functional groups attached to an aromatic ring is 1. The van der Waals surface area contributed by atoms with Crippen molar-refractivity contribution in [2.45, 2.75) is 12.5 Å². The van der Waals surface area contributed by atoms with E-state index in [4.69, 9.17) is 10.3 Å². The molecule has 0 aliphatic carbocycles. The summed E-state index contributed by atoms with van der Waals surface area (Å²) in [6.45, 7) is 3.01. The van der Waals surface area contributed by atoms with E-state index in [-0.39, 0.29) is 6.04 Å². The lowest BCUT2D eigenvalue weighted by molar-refractivity contribution is 0.215. The highest BCUT2D eigenvalue weighted by Crippen LogP contribution is 2.23. The topological polar surface area (TPSA) is 84.3 Å². The maximum Gasteiger partial charge on any atom is 0.276 e. The third kappa shape index (κ3) is 3.03. The van der Waals surface area contributed by atoms with E-state index in [0.717, 1.165) is 26.1 Å². The molecule has 1 aliphatic heterocycles. The molecule has 1 fully saturated rings. The summed E-state index contributed by atoms with van der Waals surface area (Å²) in [6, 6.07) is 3.71. The van der Waals surface area contributed by atoms with Gasteiger partial charge in [0.2, 0.25) is 0 Å². The van der Waals surface area contributed by atoms with Crippen LogP contribution in [0, 0.1) is 0 Å². The Kier molecular flexibility index (Phi) is 3.85. The Labute approximate surface area is 123 Å². The number of likely N-dealkylation sites (N-methyl/N-ethyl adjacent to an activating group) is 2. The molecule has 0 aromatic carbocycles. The van der Waals surface area contributed by atoms with Gasteiger partial charge in [0.05, 0.1) is 17.9 Å². The standard InChI is InChI=1S/C14H20N6O/c1-19-6-3-7-20(2)12(9-19)13-17-14(21-18-13)11-5-4-10(15)8-16-11/h4-5,8,12H,3,6-7,9,15H2,1-2H3. The fourth-order valence-electron chi connectivity index (χ4n) is 2.56. The van der Waals surface area contributed by atoms with Crippen LogP contribution in [-0.4, -0.2) is 58.7 Å². The van der Waals surface area contributed by atoms with Crippen LogP contribution >= 0.6 is 0 Å². The van der Waals surface area contributed by atoms with Gasteiger partial charge in [-0.1, -0.05) is 5.16 Å². The first-order valence-corrected chi connectivity index (χ1v) is 7.08. The monoisotopic (exact) mass is 288 g/mol. The summed E-state index contributed by atoms with van der Waals surface area (Å²) in [5.74, 6) is 1.14. The minimum atomic E-state index is 0.142. The minimum absolute atomic E-state index is 0.142. The Bertz CT molecular complexity index is 596. The number of nitrogens with zero attached hydrogens (tertiary/aromatic N) is 5. The number of nitrogens with two attached hydrogens (primary N) is 1. The fraction of sp³-hybridized carbons (Fsp3) is 0.500. The summed E-state index contributed by atoms with van der Waals surface area (Å²) in [4.78, 5) is 13.3. The molecule has 2 N–H and O–H groups in total. The molecule has 2 aromatic rings. The predicted octanol–water partition coefficient (Wildman–Crippen LogP) is 1.02. The molecule has 21 heavy (non-hydrogen) atoms. The van der Waals surface area contributed by atoms with Gasteiger partial charge in [-0.3, -0.25) is 4.90 Å². The van der Waals surface area contributed by atoms with Crippen molar-refractivity contribution < 1.29 is 4.52 Å². The zero-order chi connectivity index (χ0) is 14.8. The van der Waals surface area contributed by atoms with Crippen molar-refractivity contribution in [3.8, 4) is 11.6 Å². The third-order valence-corrected chi connectivity index (χ3v) is 3.81. The second-order valence-corrected chi connectivity index (χ2v) is 5.55. The van der Waals surface area contributed by atoms with Crippen molar-refractivity contribution in [3.05, 3.63) is 24.2 Å². The predicted molar refractivity (Wildman–Crippen MR) is 79.4 cm³/mol. The van der Waals surface area contributed by atoms with Gasteiger partial charge in [-0.25, -0.2) is 4.98 Å². The summed E-state index contributed by atoms with van der Waals surface area (Å²) in [5, 5.41) is 4.14. The summed E-state index contributed by atoms with van der Waals surface area (Å²) in [5.41, 5.74) is 6.90. The largest absolute Gasteiger partial charge is 0.397 e. The number of hydrogen-bond acceptors (Lipinski definition) is 7. The molecule has 1 aliphatic rings. The molecule has 3 rings (SSSR count). The quantitative estimate of drug-likeness (QED) is 0.883. The van der Waals surface area contributed by atoms with Crippen LogP contribution in [0.1, 0.15) is 18.3 Å². The molecule has 0 amide bonds. The molecule has 1 atom stereocenters. The Morgan fingerprint density at radius 1 is 1.29 bits per heavy atom. The van der Waals surface area contributed by atoms with Crippen LogP contribution in [0.15, 0.2) is 22.9 Å². The van der Waals surface area contributed by atoms with Gasteiger partial charge in [-0.05, 0) is 45.7 Å². The zero-order valence-corrected chi connectivity index (χ0v) is 12.4. The smallest absolute Gasteiger partial charge is 0.276 e.